The van der Waals surface area contributed by atoms with Crippen LogP contribution in [0, 0.1) is 5.92 Å². The van der Waals surface area contributed by atoms with E-state index in [2.05, 4.69) is 20.4 Å². The summed E-state index contributed by atoms with van der Waals surface area (Å²) in [5.41, 5.74) is 1.76. The van der Waals surface area contributed by atoms with Crippen LogP contribution in [0.1, 0.15) is 16.8 Å². The van der Waals surface area contributed by atoms with Gasteiger partial charge in [0.05, 0.1) is 11.8 Å². The van der Waals surface area contributed by atoms with Crippen LogP contribution in [-0.4, -0.2) is 35.7 Å². The number of hydrogen-bond acceptors (Lipinski definition) is 3. The topological polar surface area (TPSA) is 61.0 Å². The molecular formula is C15H17ClN4O. The molecule has 1 unspecified atom stereocenters. The average molecular weight is 305 g/mol. The minimum atomic E-state index is -0.0753. The summed E-state index contributed by atoms with van der Waals surface area (Å²) in [6, 6.07) is 7.89. The number of halogens is 1. The zero-order valence-electron chi connectivity index (χ0n) is 11.6. The van der Waals surface area contributed by atoms with Crippen molar-refractivity contribution in [2.45, 2.75) is 6.42 Å². The van der Waals surface area contributed by atoms with Crippen molar-refractivity contribution in [2.24, 2.45) is 5.92 Å². The summed E-state index contributed by atoms with van der Waals surface area (Å²) < 4.78 is 0. The fourth-order valence-electron chi connectivity index (χ4n) is 2.60. The number of rotatable bonds is 4. The van der Waals surface area contributed by atoms with Crippen molar-refractivity contribution < 1.29 is 4.79 Å². The average Bonchev–Trinajstić information content (AvgIpc) is 3.17. The number of amides is 1. The molecule has 0 radical (unpaired) electrons. The molecule has 1 saturated heterocycles. The van der Waals surface area contributed by atoms with E-state index >= 15 is 0 Å². The van der Waals surface area contributed by atoms with Crippen molar-refractivity contribution in [1.82, 2.24) is 15.5 Å². The molecule has 1 aromatic carbocycles. The first-order valence-electron chi connectivity index (χ1n) is 7.00. The van der Waals surface area contributed by atoms with Gasteiger partial charge in [-0.1, -0.05) is 11.6 Å². The van der Waals surface area contributed by atoms with Gasteiger partial charge in [0.15, 0.2) is 0 Å². The van der Waals surface area contributed by atoms with Gasteiger partial charge in [-0.3, -0.25) is 9.89 Å². The molecule has 0 saturated carbocycles. The lowest BCUT2D eigenvalue weighted by Gasteiger charge is -2.18. The molecule has 1 aromatic heterocycles. The molecule has 1 atom stereocenters. The third-order valence-electron chi connectivity index (χ3n) is 3.79. The molecule has 2 N–H and O–H groups in total. The number of nitrogens with one attached hydrogen (secondary N) is 2. The molecule has 5 nitrogen and oxygen atoms in total. The summed E-state index contributed by atoms with van der Waals surface area (Å²) in [6.45, 7) is 2.65. The predicted molar refractivity (Wildman–Crippen MR) is 82.7 cm³/mol. The van der Waals surface area contributed by atoms with Crippen LogP contribution >= 0.6 is 11.6 Å². The minimum Gasteiger partial charge on any atom is -0.371 e. The van der Waals surface area contributed by atoms with Crippen LogP contribution in [0.3, 0.4) is 0 Å². The standard InChI is InChI=1S/C15H17ClN4O/c16-13-1-3-14(4-2-13)20-6-5-11(10-20)7-17-15(21)12-8-18-19-9-12/h1-4,8-9,11H,5-7,10H2,(H,17,21)(H,18,19). The molecule has 0 aliphatic carbocycles. The summed E-state index contributed by atoms with van der Waals surface area (Å²) in [6.07, 6.45) is 4.21. The Morgan fingerprint density at radius 1 is 1.43 bits per heavy atom. The molecule has 2 aromatic rings. The smallest absolute Gasteiger partial charge is 0.254 e. The van der Waals surface area contributed by atoms with E-state index in [1.807, 2.05) is 24.3 Å². The van der Waals surface area contributed by atoms with Gasteiger partial charge < -0.3 is 10.2 Å². The molecule has 1 fully saturated rings. The molecule has 3 rings (SSSR count). The normalized spacial score (nSPS) is 18.0. The molecule has 110 valence electrons. The maximum Gasteiger partial charge on any atom is 0.254 e. The van der Waals surface area contributed by atoms with Crippen LogP contribution in [0.5, 0.6) is 0 Å². The minimum absolute atomic E-state index is 0.0753. The van der Waals surface area contributed by atoms with Crippen molar-refractivity contribution in [3.05, 3.63) is 47.2 Å². The van der Waals surface area contributed by atoms with E-state index < -0.39 is 0 Å². The van der Waals surface area contributed by atoms with Crippen LogP contribution in [0.2, 0.25) is 5.02 Å². The van der Waals surface area contributed by atoms with Crippen molar-refractivity contribution in [1.29, 1.82) is 0 Å². The number of hydrogen-bond donors (Lipinski definition) is 2. The molecular weight excluding hydrogens is 288 g/mol. The Labute approximate surface area is 128 Å². The number of nitrogens with zero attached hydrogens (tertiary/aromatic N) is 2. The van der Waals surface area contributed by atoms with Crippen molar-refractivity contribution in [2.75, 3.05) is 24.5 Å². The number of benzene rings is 1. The molecule has 21 heavy (non-hydrogen) atoms. The van der Waals surface area contributed by atoms with E-state index in [1.165, 1.54) is 11.9 Å². The van der Waals surface area contributed by atoms with Crippen LogP contribution in [0.25, 0.3) is 0 Å². The van der Waals surface area contributed by atoms with Gasteiger partial charge >= 0.3 is 0 Å². The Morgan fingerprint density at radius 2 is 2.24 bits per heavy atom. The highest BCUT2D eigenvalue weighted by Gasteiger charge is 2.23. The van der Waals surface area contributed by atoms with Gasteiger partial charge in [0.1, 0.15) is 0 Å². The SMILES string of the molecule is O=C(NCC1CCN(c2ccc(Cl)cc2)C1)c1cn[nH]c1. The Balaban J connectivity index is 1.51. The first-order chi connectivity index (χ1) is 10.2. The summed E-state index contributed by atoms with van der Waals surface area (Å²) in [5, 5.41) is 10.1. The van der Waals surface area contributed by atoms with Crippen LogP contribution < -0.4 is 10.2 Å². The monoisotopic (exact) mass is 304 g/mol. The summed E-state index contributed by atoms with van der Waals surface area (Å²) in [7, 11) is 0. The maximum atomic E-state index is 11.9. The third-order valence-corrected chi connectivity index (χ3v) is 4.04. The van der Waals surface area contributed by atoms with E-state index in [9.17, 15) is 4.79 Å². The quantitative estimate of drug-likeness (QED) is 0.911. The third kappa shape index (κ3) is 3.36. The predicted octanol–water partition coefficient (Wildman–Crippen LogP) is 2.32. The van der Waals surface area contributed by atoms with Crippen molar-refractivity contribution >= 4 is 23.2 Å². The molecule has 1 amide bonds. The van der Waals surface area contributed by atoms with Gasteiger partial charge in [-0.05, 0) is 36.6 Å². The fraction of sp³-hybridized carbons (Fsp3) is 0.333. The number of aromatic amines is 1. The highest BCUT2D eigenvalue weighted by atomic mass is 35.5. The lowest BCUT2D eigenvalue weighted by Crippen LogP contribution is -2.30. The van der Waals surface area contributed by atoms with Crippen LogP contribution in [0.4, 0.5) is 5.69 Å². The Kier molecular flexibility index (Phi) is 4.10. The van der Waals surface area contributed by atoms with Crippen molar-refractivity contribution in [3.8, 4) is 0 Å². The fourth-order valence-corrected chi connectivity index (χ4v) is 2.73. The lowest BCUT2D eigenvalue weighted by atomic mass is 10.1. The molecule has 1 aliphatic rings. The highest BCUT2D eigenvalue weighted by molar-refractivity contribution is 6.30. The second kappa shape index (κ2) is 6.18. The van der Waals surface area contributed by atoms with Gasteiger partial charge in [-0.15, -0.1) is 0 Å². The molecule has 2 heterocycles. The second-order valence-electron chi connectivity index (χ2n) is 5.27. The first kappa shape index (κ1) is 13.9. The maximum absolute atomic E-state index is 11.9. The van der Waals surface area contributed by atoms with E-state index in [0.29, 0.717) is 18.0 Å². The number of carbonyl (C=O) groups is 1. The molecule has 1 aliphatic heterocycles. The van der Waals surface area contributed by atoms with Gasteiger partial charge in [0.25, 0.3) is 5.91 Å². The largest absolute Gasteiger partial charge is 0.371 e. The highest BCUT2D eigenvalue weighted by Crippen LogP contribution is 2.24. The number of carbonyl (C=O) groups excluding carboxylic acids is 1. The van der Waals surface area contributed by atoms with Gasteiger partial charge in [-0.25, -0.2) is 0 Å². The zero-order valence-corrected chi connectivity index (χ0v) is 12.3. The molecule has 6 heteroatoms. The Bertz CT molecular complexity index is 597. The van der Waals surface area contributed by atoms with E-state index in [0.717, 1.165) is 24.5 Å². The van der Waals surface area contributed by atoms with E-state index in [4.69, 9.17) is 11.6 Å². The van der Waals surface area contributed by atoms with Crippen LogP contribution in [0.15, 0.2) is 36.7 Å². The Morgan fingerprint density at radius 3 is 2.95 bits per heavy atom. The molecule has 0 spiro atoms. The second-order valence-corrected chi connectivity index (χ2v) is 5.71. The molecule has 0 bridgehead atoms. The van der Waals surface area contributed by atoms with E-state index in [-0.39, 0.29) is 5.91 Å². The van der Waals surface area contributed by atoms with Gasteiger partial charge in [0.2, 0.25) is 0 Å². The number of H-pyrrole nitrogens is 1. The summed E-state index contributed by atoms with van der Waals surface area (Å²) in [5.74, 6) is 0.394. The van der Waals surface area contributed by atoms with Gasteiger partial charge in [-0.2, -0.15) is 5.10 Å². The van der Waals surface area contributed by atoms with E-state index in [1.54, 1.807) is 6.20 Å². The summed E-state index contributed by atoms with van der Waals surface area (Å²) >= 11 is 5.91. The van der Waals surface area contributed by atoms with Crippen molar-refractivity contribution in [3.63, 3.8) is 0 Å². The lowest BCUT2D eigenvalue weighted by molar-refractivity contribution is 0.0948. The van der Waals surface area contributed by atoms with Crippen LogP contribution in [-0.2, 0) is 0 Å². The van der Waals surface area contributed by atoms with Gasteiger partial charge in [0, 0.05) is 36.5 Å². The zero-order chi connectivity index (χ0) is 14.7. The first-order valence-corrected chi connectivity index (χ1v) is 7.37. The summed E-state index contributed by atoms with van der Waals surface area (Å²) in [4.78, 5) is 14.2. The number of anilines is 1. The number of aromatic nitrogens is 2. The Hall–Kier alpha value is -2.01.